The highest BCUT2D eigenvalue weighted by Gasteiger charge is 2.02. The third-order valence-corrected chi connectivity index (χ3v) is 5.03. The maximum atomic E-state index is 11.6. The third-order valence-electron chi connectivity index (χ3n) is 5.03. The lowest BCUT2D eigenvalue weighted by atomic mass is 10.0. The Morgan fingerprint density at radius 3 is 1.62 bits per heavy atom. The first kappa shape index (κ1) is 27.9. The van der Waals surface area contributed by atoms with Crippen molar-refractivity contribution < 1.29 is 19.0 Å². The van der Waals surface area contributed by atoms with Crippen molar-refractivity contribution in [2.24, 2.45) is 0 Å². The fourth-order valence-electron chi connectivity index (χ4n) is 3.28. The van der Waals surface area contributed by atoms with E-state index in [9.17, 15) is 4.79 Å². The van der Waals surface area contributed by atoms with E-state index in [0.29, 0.717) is 39.5 Å². The summed E-state index contributed by atoms with van der Waals surface area (Å²) < 4.78 is 15.5. The molecule has 0 aliphatic carbocycles. The molecule has 0 atom stereocenters. The van der Waals surface area contributed by atoms with Crippen LogP contribution < -0.4 is 0 Å². The van der Waals surface area contributed by atoms with Crippen LogP contribution >= 0.6 is 0 Å². The quantitative estimate of drug-likeness (QED) is 0.110. The van der Waals surface area contributed by atoms with E-state index < -0.39 is 0 Å². The minimum absolute atomic E-state index is 0.119. The van der Waals surface area contributed by atoms with Crippen LogP contribution in [0.15, 0.2) is 0 Å². The first-order valence-electron chi connectivity index (χ1n) is 12.1. The fraction of sp³-hybridized carbons (Fsp3) is 0.880. The summed E-state index contributed by atoms with van der Waals surface area (Å²) in [5.41, 5.74) is 0. The molecule has 170 valence electrons. The number of hydrogen-bond acceptors (Lipinski definition) is 4. The lowest BCUT2D eigenvalue weighted by Gasteiger charge is -2.06. The molecule has 0 radical (unpaired) electrons. The molecule has 0 unspecified atom stereocenters. The second-order valence-corrected chi connectivity index (χ2v) is 7.79. The largest absolute Gasteiger partial charge is 0.463 e. The lowest BCUT2D eigenvalue weighted by Crippen LogP contribution is -2.12. The molecule has 29 heavy (non-hydrogen) atoms. The molecule has 4 heteroatoms. The zero-order valence-corrected chi connectivity index (χ0v) is 19.1. The molecule has 0 aromatic rings. The summed E-state index contributed by atoms with van der Waals surface area (Å²) in [6, 6.07) is 0. The molecule has 0 spiro atoms. The van der Waals surface area contributed by atoms with Gasteiger partial charge in [-0.1, -0.05) is 103 Å². The van der Waals surface area contributed by atoms with Gasteiger partial charge >= 0.3 is 5.97 Å². The Morgan fingerprint density at radius 1 is 0.655 bits per heavy atom. The van der Waals surface area contributed by atoms with Crippen LogP contribution in [0.3, 0.4) is 0 Å². The number of terminal acetylenes is 1. The molecule has 4 nitrogen and oxygen atoms in total. The van der Waals surface area contributed by atoms with E-state index in [4.69, 9.17) is 20.6 Å². The van der Waals surface area contributed by atoms with Crippen molar-refractivity contribution >= 4 is 5.97 Å². The summed E-state index contributed by atoms with van der Waals surface area (Å²) in [4.78, 5) is 11.6. The van der Waals surface area contributed by atoms with E-state index in [-0.39, 0.29) is 5.97 Å². The van der Waals surface area contributed by atoms with Gasteiger partial charge in [0.1, 0.15) is 13.2 Å². The fourth-order valence-corrected chi connectivity index (χ4v) is 3.28. The minimum atomic E-state index is -0.119. The number of carbonyl (C=O) groups is 1. The minimum Gasteiger partial charge on any atom is -0.463 e. The molecule has 0 bridgehead atoms. The number of rotatable bonds is 23. The summed E-state index contributed by atoms with van der Waals surface area (Å²) in [7, 11) is 0. The van der Waals surface area contributed by atoms with Crippen LogP contribution in [0.1, 0.15) is 110 Å². The predicted molar refractivity (Wildman–Crippen MR) is 121 cm³/mol. The highest BCUT2D eigenvalue weighted by Crippen LogP contribution is 2.13. The molecule has 0 fully saturated rings. The average molecular weight is 411 g/mol. The molecular formula is C25H46O4. The molecule has 0 saturated carbocycles. The normalized spacial score (nSPS) is 10.8. The van der Waals surface area contributed by atoms with Crippen molar-refractivity contribution in [1.82, 2.24) is 0 Å². The molecule has 0 saturated heterocycles. The van der Waals surface area contributed by atoms with Crippen LogP contribution in [0, 0.1) is 12.3 Å². The summed E-state index contributed by atoms with van der Waals surface area (Å²) >= 11 is 0. The molecule has 0 aliphatic heterocycles. The second-order valence-electron chi connectivity index (χ2n) is 7.79. The van der Waals surface area contributed by atoms with Gasteiger partial charge in [-0.15, -0.1) is 6.42 Å². The zero-order valence-electron chi connectivity index (χ0n) is 19.1. The highest BCUT2D eigenvalue weighted by atomic mass is 16.6. The van der Waals surface area contributed by atoms with Crippen molar-refractivity contribution in [3.05, 3.63) is 0 Å². The Labute approximate surface area is 180 Å². The lowest BCUT2D eigenvalue weighted by molar-refractivity contribution is -0.145. The van der Waals surface area contributed by atoms with Crippen LogP contribution in [0.2, 0.25) is 0 Å². The smallest absolute Gasteiger partial charge is 0.305 e. The van der Waals surface area contributed by atoms with Crippen LogP contribution in [-0.4, -0.2) is 39.0 Å². The van der Waals surface area contributed by atoms with E-state index in [2.05, 4.69) is 12.8 Å². The summed E-state index contributed by atoms with van der Waals surface area (Å²) in [5.74, 6) is 2.27. The molecule has 0 N–H and O–H groups in total. The number of esters is 1. The van der Waals surface area contributed by atoms with E-state index in [1.165, 1.54) is 83.5 Å². The Morgan fingerprint density at radius 2 is 1.10 bits per heavy atom. The number of ether oxygens (including phenoxy) is 3. The molecule has 0 heterocycles. The Balaban J connectivity index is 3.13. The van der Waals surface area contributed by atoms with Crippen molar-refractivity contribution in [1.29, 1.82) is 0 Å². The van der Waals surface area contributed by atoms with Crippen molar-refractivity contribution in [3.63, 3.8) is 0 Å². The second kappa shape index (κ2) is 25.0. The van der Waals surface area contributed by atoms with Gasteiger partial charge in [0.25, 0.3) is 0 Å². The van der Waals surface area contributed by atoms with Crippen molar-refractivity contribution in [2.45, 2.75) is 110 Å². The predicted octanol–water partition coefficient (Wildman–Crippen LogP) is 6.46. The molecule has 0 rings (SSSR count). The van der Waals surface area contributed by atoms with Crippen LogP contribution in [0.25, 0.3) is 0 Å². The summed E-state index contributed by atoms with van der Waals surface area (Å²) in [5, 5.41) is 0. The first-order chi connectivity index (χ1) is 14.3. The van der Waals surface area contributed by atoms with Gasteiger partial charge in [-0.05, 0) is 6.42 Å². The maximum Gasteiger partial charge on any atom is 0.305 e. The van der Waals surface area contributed by atoms with Gasteiger partial charge in [-0.2, -0.15) is 0 Å². The molecule has 0 aromatic heterocycles. The monoisotopic (exact) mass is 410 g/mol. The van der Waals surface area contributed by atoms with Gasteiger partial charge in [0.2, 0.25) is 0 Å². The number of hydrogen-bond donors (Lipinski definition) is 0. The third kappa shape index (κ3) is 24.9. The Bertz CT molecular complexity index is 376. The Kier molecular flexibility index (Phi) is 24.1. The molecule has 0 aliphatic rings. The van der Waals surface area contributed by atoms with Gasteiger partial charge in [-0.3, -0.25) is 4.79 Å². The van der Waals surface area contributed by atoms with Crippen molar-refractivity contribution in [3.8, 4) is 12.3 Å². The molecule has 0 aromatic carbocycles. The van der Waals surface area contributed by atoms with Gasteiger partial charge in [0.05, 0.1) is 19.8 Å². The van der Waals surface area contributed by atoms with Crippen LogP contribution in [0.4, 0.5) is 0 Å². The summed E-state index contributed by atoms with van der Waals surface area (Å²) in [6.45, 7) is 4.24. The molecular weight excluding hydrogens is 364 g/mol. The van der Waals surface area contributed by atoms with E-state index in [0.717, 1.165) is 12.8 Å². The van der Waals surface area contributed by atoms with Gasteiger partial charge < -0.3 is 14.2 Å². The average Bonchev–Trinajstić information content (AvgIpc) is 2.72. The Hall–Kier alpha value is -1.05. The molecule has 0 amide bonds. The van der Waals surface area contributed by atoms with E-state index in [1.54, 1.807) is 0 Å². The van der Waals surface area contributed by atoms with Gasteiger partial charge in [-0.25, -0.2) is 0 Å². The topological polar surface area (TPSA) is 44.8 Å². The number of unbranched alkanes of at least 4 members (excludes halogenated alkanes) is 14. The van der Waals surface area contributed by atoms with Crippen LogP contribution in [0.5, 0.6) is 0 Å². The standard InChI is InChI=1S/C25H46O4/c1-3-5-6-7-8-9-10-11-12-13-14-15-16-17-18-19-25(26)29-24-23-28-22-21-27-20-4-2/h2H,3,5-24H2,1H3. The van der Waals surface area contributed by atoms with Crippen molar-refractivity contribution in [2.75, 3.05) is 33.0 Å². The van der Waals surface area contributed by atoms with E-state index >= 15 is 0 Å². The number of carbonyl (C=O) groups excluding carboxylic acids is 1. The summed E-state index contributed by atoms with van der Waals surface area (Å²) in [6.07, 6.45) is 25.5. The SMILES string of the molecule is C#CCOCCOCCOC(=O)CCCCCCCCCCCCCCCCC. The van der Waals surface area contributed by atoms with Gasteiger partial charge in [0, 0.05) is 6.42 Å². The maximum absolute atomic E-state index is 11.6. The highest BCUT2D eigenvalue weighted by molar-refractivity contribution is 5.69. The zero-order chi connectivity index (χ0) is 21.3. The first-order valence-corrected chi connectivity index (χ1v) is 12.1. The van der Waals surface area contributed by atoms with E-state index in [1.807, 2.05) is 0 Å². The van der Waals surface area contributed by atoms with Crippen LogP contribution in [-0.2, 0) is 19.0 Å². The van der Waals surface area contributed by atoms with Gasteiger partial charge in [0.15, 0.2) is 0 Å².